The summed E-state index contributed by atoms with van der Waals surface area (Å²) in [5, 5.41) is 17.9. The number of hydrogen-bond donors (Lipinski definition) is 2. The fraction of sp³-hybridized carbons (Fsp3) is 0.467. The number of ether oxygens (including phenoxy) is 1. The van der Waals surface area contributed by atoms with E-state index < -0.39 is 5.97 Å². The maximum Gasteiger partial charge on any atom is 0.336 e. The maximum absolute atomic E-state index is 12.4. The molecule has 1 amide bonds. The summed E-state index contributed by atoms with van der Waals surface area (Å²) in [5.74, 6) is -1.35. The van der Waals surface area contributed by atoms with E-state index in [1.54, 1.807) is 23.1 Å². The summed E-state index contributed by atoms with van der Waals surface area (Å²) < 4.78 is 5.45. The van der Waals surface area contributed by atoms with Crippen LogP contribution in [0.4, 0.5) is 0 Å². The van der Waals surface area contributed by atoms with Gasteiger partial charge in [0.1, 0.15) is 0 Å². The molecule has 0 atom stereocenters. The molecule has 1 heterocycles. The number of aliphatic hydroxyl groups is 1. The van der Waals surface area contributed by atoms with Crippen LogP contribution in [0.15, 0.2) is 24.3 Å². The van der Waals surface area contributed by atoms with Gasteiger partial charge in [-0.1, -0.05) is 12.1 Å². The molecule has 1 fully saturated rings. The number of carboxylic acid groups (broad SMARTS) is 1. The molecule has 0 spiro atoms. The first-order valence-electron chi connectivity index (χ1n) is 6.97. The Labute approximate surface area is 122 Å². The molecule has 1 aliphatic rings. The molecule has 1 saturated heterocycles. The number of benzene rings is 1. The van der Waals surface area contributed by atoms with E-state index in [9.17, 15) is 9.59 Å². The third-order valence-corrected chi connectivity index (χ3v) is 3.56. The maximum atomic E-state index is 12.4. The molecule has 0 bridgehead atoms. The molecule has 21 heavy (non-hydrogen) atoms. The first-order chi connectivity index (χ1) is 10.1. The van der Waals surface area contributed by atoms with Crippen LogP contribution in [0.2, 0.25) is 0 Å². The van der Waals surface area contributed by atoms with E-state index in [1.165, 1.54) is 6.07 Å². The van der Waals surface area contributed by atoms with Crippen molar-refractivity contribution in [3.63, 3.8) is 0 Å². The highest BCUT2D eigenvalue weighted by molar-refractivity contribution is 6.04. The second-order valence-corrected chi connectivity index (χ2v) is 4.94. The van der Waals surface area contributed by atoms with Gasteiger partial charge in [-0.05, 0) is 25.0 Å². The Morgan fingerprint density at radius 2 is 1.81 bits per heavy atom. The fourth-order valence-electron chi connectivity index (χ4n) is 2.47. The van der Waals surface area contributed by atoms with Gasteiger partial charge in [0.2, 0.25) is 0 Å². The molecule has 114 valence electrons. The Morgan fingerprint density at radius 1 is 1.19 bits per heavy atom. The summed E-state index contributed by atoms with van der Waals surface area (Å²) >= 11 is 0. The van der Waals surface area contributed by atoms with Gasteiger partial charge < -0.3 is 19.8 Å². The van der Waals surface area contributed by atoms with Crippen LogP contribution in [0.3, 0.4) is 0 Å². The molecule has 1 aromatic rings. The highest BCUT2D eigenvalue weighted by Crippen LogP contribution is 2.18. The molecule has 1 aliphatic heterocycles. The number of aromatic carboxylic acids is 1. The van der Waals surface area contributed by atoms with Gasteiger partial charge in [0.05, 0.1) is 30.4 Å². The number of rotatable bonds is 5. The molecule has 0 saturated carbocycles. The van der Waals surface area contributed by atoms with Gasteiger partial charge in [0.25, 0.3) is 5.91 Å². The number of piperidine rings is 1. The van der Waals surface area contributed by atoms with Crippen LogP contribution in [0, 0.1) is 0 Å². The standard InChI is InChI=1S/C15H19NO5/c17-9-10-21-11-5-7-16(8-6-11)14(18)12-3-1-2-4-13(12)15(19)20/h1-4,11,17H,5-10H2,(H,19,20). The van der Waals surface area contributed by atoms with Gasteiger partial charge in [-0.3, -0.25) is 4.79 Å². The zero-order chi connectivity index (χ0) is 15.2. The lowest BCUT2D eigenvalue weighted by Gasteiger charge is -2.32. The minimum atomic E-state index is -1.10. The number of amides is 1. The number of hydrogen-bond acceptors (Lipinski definition) is 4. The Balaban J connectivity index is 2.01. The van der Waals surface area contributed by atoms with Crippen molar-refractivity contribution in [3.05, 3.63) is 35.4 Å². The van der Waals surface area contributed by atoms with Crippen LogP contribution in [0.25, 0.3) is 0 Å². The number of likely N-dealkylation sites (tertiary alicyclic amines) is 1. The summed E-state index contributed by atoms with van der Waals surface area (Å²) in [6.45, 7) is 1.36. The van der Waals surface area contributed by atoms with E-state index in [-0.39, 0.29) is 29.7 Å². The molecular weight excluding hydrogens is 274 g/mol. The average Bonchev–Trinajstić information content (AvgIpc) is 2.52. The van der Waals surface area contributed by atoms with Gasteiger partial charge in [-0.15, -0.1) is 0 Å². The quantitative estimate of drug-likeness (QED) is 0.845. The molecule has 1 aromatic carbocycles. The first-order valence-corrected chi connectivity index (χ1v) is 6.97. The van der Waals surface area contributed by atoms with E-state index in [1.807, 2.05) is 0 Å². The van der Waals surface area contributed by atoms with Crippen LogP contribution in [0.1, 0.15) is 33.6 Å². The van der Waals surface area contributed by atoms with Crippen LogP contribution in [0.5, 0.6) is 0 Å². The number of nitrogens with zero attached hydrogens (tertiary/aromatic N) is 1. The van der Waals surface area contributed by atoms with Crippen molar-refractivity contribution >= 4 is 11.9 Å². The second kappa shape index (κ2) is 7.19. The number of carbonyl (C=O) groups is 2. The van der Waals surface area contributed by atoms with Crippen LogP contribution >= 0.6 is 0 Å². The number of aliphatic hydroxyl groups excluding tert-OH is 1. The lowest BCUT2D eigenvalue weighted by molar-refractivity contribution is -0.00559. The second-order valence-electron chi connectivity index (χ2n) is 4.94. The molecular formula is C15H19NO5. The van der Waals surface area contributed by atoms with Crippen LogP contribution < -0.4 is 0 Å². The summed E-state index contributed by atoms with van der Waals surface area (Å²) in [6.07, 6.45) is 1.44. The van der Waals surface area contributed by atoms with Gasteiger partial charge in [-0.2, -0.15) is 0 Å². The van der Waals surface area contributed by atoms with Crippen molar-refractivity contribution in [1.82, 2.24) is 4.90 Å². The zero-order valence-corrected chi connectivity index (χ0v) is 11.7. The lowest BCUT2D eigenvalue weighted by Crippen LogP contribution is -2.41. The Hall–Kier alpha value is -1.92. The summed E-state index contributed by atoms with van der Waals surface area (Å²) in [6, 6.07) is 6.25. The van der Waals surface area contributed by atoms with Gasteiger partial charge in [0.15, 0.2) is 0 Å². The number of carboxylic acids is 1. The van der Waals surface area contributed by atoms with Crippen molar-refractivity contribution in [2.75, 3.05) is 26.3 Å². The highest BCUT2D eigenvalue weighted by Gasteiger charge is 2.26. The minimum Gasteiger partial charge on any atom is -0.478 e. The average molecular weight is 293 g/mol. The third kappa shape index (κ3) is 3.80. The molecule has 2 rings (SSSR count). The van der Waals surface area contributed by atoms with E-state index in [2.05, 4.69) is 0 Å². The van der Waals surface area contributed by atoms with Crippen LogP contribution in [-0.2, 0) is 4.74 Å². The Bertz CT molecular complexity index is 509. The van der Waals surface area contributed by atoms with Crippen molar-refractivity contribution in [2.45, 2.75) is 18.9 Å². The molecule has 0 aliphatic carbocycles. The van der Waals surface area contributed by atoms with E-state index in [0.717, 1.165) is 0 Å². The SMILES string of the molecule is O=C(O)c1ccccc1C(=O)N1CCC(OCCO)CC1. The normalized spacial score (nSPS) is 16.0. The third-order valence-electron chi connectivity index (χ3n) is 3.56. The molecule has 2 N–H and O–H groups in total. The first kappa shape index (κ1) is 15.5. The van der Waals surface area contributed by atoms with Gasteiger partial charge in [-0.25, -0.2) is 4.79 Å². The molecule has 0 unspecified atom stereocenters. The van der Waals surface area contributed by atoms with Crippen molar-refractivity contribution in [1.29, 1.82) is 0 Å². The Morgan fingerprint density at radius 3 is 2.38 bits per heavy atom. The van der Waals surface area contributed by atoms with E-state index >= 15 is 0 Å². The smallest absolute Gasteiger partial charge is 0.336 e. The monoisotopic (exact) mass is 293 g/mol. The largest absolute Gasteiger partial charge is 0.478 e. The van der Waals surface area contributed by atoms with E-state index in [0.29, 0.717) is 32.5 Å². The van der Waals surface area contributed by atoms with Crippen LogP contribution in [-0.4, -0.2) is 59.4 Å². The highest BCUT2D eigenvalue weighted by atomic mass is 16.5. The predicted molar refractivity (Wildman–Crippen MR) is 75.4 cm³/mol. The fourth-order valence-corrected chi connectivity index (χ4v) is 2.47. The van der Waals surface area contributed by atoms with E-state index in [4.69, 9.17) is 14.9 Å². The molecule has 0 aromatic heterocycles. The van der Waals surface area contributed by atoms with Crippen molar-refractivity contribution < 1.29 is 24.5 Å². The zero-order valence-electron chi connectivity index (χ0n) is 11.7. The predicted octanol–water partition coefficient (Wildman–Crippen LogP) is 0.998. The molecule has 6 nitrogen and oxygen atoms in total. The molecule has 0 radical (unpaired) electrons. The Kier molecular flexibility index (Phi) is 5.30. The van der Waals surface area contributed by atoms with Crippen molar-refractivity contribution in [3.8, 4) is 0 Å². The summed E-state index contributed by atoms with van der Waals surface area (Å²) in [7, 11) is 0. The van der Waals surface area contributed by atoms with Gasteiger partial charge in [0, 0.05) is 13.1 Å². The lowest BCUT2D eigenvalue weighted by atomic mass is 10.0. The van der Waals surface area contributed by atoms with Gasteiger partial charge >= 0.3 is 5.97 Å². The number of carbonyl (C=O) groups excluding carboxylic acids is 1. The van der Waals surface area contributed by atoms with Crippen molar-refractivity contribution in [2.24, 2.45) is 0 Å². The summed E-state index contributed by atoms with van der Waals surface area (Å²) in [5.41, 5.74) is 0.251. The summed E-state index contributed by atoms with van der Waals surface area (Å²) in [4.78, 5) is 25.2. The topological polar surface area (TPSA) is 87.1 Å². The minimum absolute atomic E-state index is 0.00880. The molecule has 6 heteroatoms.